The van der Waals surface area contributed by atoms with E-state index in [2.05, 4.69) is 21.2 Å². The number of rotatable bonds is 7. The Labute approximate surface area is 198 Å². The molecule has 0 unspecified atom stereocenters. The highest BCUT2D eigenvalue weighted by Crippen LogP contribution is 2.19. The van der Waals surface area contributed by atoms with Crippen LogP contribution in [0, 0.1) is 20.8 Å². The van der Waals surface area contributed by atoms with Crippen LogP contribution >= 0.6 is 0 Å². The van der Waals surface area contributed by atoms with Crippen molar-refractivity contribution in [3.05, 3.63) is 89.0 Å². The Balaban J connectivity index is 1.51. The molecule has 0 aliphatic heterocycles. The molecule has 0 aliphatic rings. The van der Waals surface area contributed by atoms with E-state index >= 15 is 0 Å². The molecule has 8 heteroatoms. The summed E-state index contributed by atoms with van der Waals surface area (Å²) >= 11 is 0. The minimum absolute atomic E-state index is 0.163. The molecule has 0 saturated heterocycles. The fourth-order valence-electron chi connectivity index (χ4n) is 3.13. The van der Waals surface area contributed by atoms with Gasteiger partial charge in [-0.3, -0.25) is 14.4 Å². The quantitative estimate of drug-likeness (QED) is 0.285. The summed E-state index contributed by atoms with van der Waals surface area (Å²) in [6, 6.07) is 19.9. The van der Waals surface area contributed by atoms with Gasteiger partial charge in [-0.1, -0.05) is 48.5 Å². The van der Waals surface area contributed by atoms with Gasteiger partial charge in [0.2, 0.25) is 0 Å². The monoisotopic (exact) mass is 458 g/mol. The molecule has 3 amide bonds. The van der Waals surface area contributed by atoms with Gasteiger partial charge in [-0.15, -0.1) is 0 Å². The molecule has 174 valence electrons. The molecular formula is C26H26N4O4. The fraction of sp³-hybridized carbons (Fsp3) is 0.154. The Bertz CT molecular complexity index is 1220. The van der Waals surface area contributed by atoms with Crippen molar-refractivity contribution in [3.8, 4) is 5.75 Å². The molecule has 0 radical (unpaired) electrons. The summed E-state index contributed by atoms with van der Waals surface area (Å²) in [5.41, 5.74) is 6.82. The van der Waals surface area contributed by atoms with Crippen molar-refractivity contribution < 1.29 is 19.1 Å². The van der Waals surface area contributed by atoms with Gasteiger partial charge in [-0.2, -0.15) is 5.10 Å². The highest BCUT2D eigenvalue weighted by molar-refractivity contribution is 6.39. The van der Waals surface area contributed by atoms with Gasteiger partial charge >= 0.3 is 11.8 Å². The molecule has 0 spiro atoms. The number of hydrogen-bond acceptors (Lipinski definition) is 5. The molecule has 0 atom stereocenters. The van der Waals surface area contributed by atoms with Crippen molar-refractivity contribution in [2.24, 2.45) is 5.10 Å². The predicted molar refractivity (Wildman–Crippen MR) is 132 cm³/mol. The molecule has 0 heterocycles. The topological polar surface area (TPSA) is 109 Å². The summed E-state index contributed by atoms with van der Waals surface area (Å²) in [6.07, 6.45) is 1.38. The van der Waals surface area contributed by atoms with E-state index in [1.54, 1.807) is 24.3 Å². The van der Waals surface area contributed by atoms with Crippen molar-refractivity contribution in [1.82, 2.24) is 5.43 Å². The summed E-state index contributed by atoms with van der Waals surface area (Å²) in [5.74, 6) is -1.52. The van der Waals surface area contributed by atoms with Crippen LogP contribution in [0.2, 0.25) is 0 Å². The molecule has 0 aromatic heterocycles. The molecule has 8 nitrogen and oxygen atoms in total. The number of nitrogens with one attached hydrogen (secondary N) is 3. The Kier molecular flexibility index (Phi) is 8.12. The van der Waals surface area contributed by atoms with Gasteiger partial charge < -0.3 is 15.4 Å². The summed E-state index contributed by atoms with van der Waals surface area (Å²) in [4.78, 5) is 36.4. The van der Waals surface area contributed by atoms with Gasteiger partial charge in [0.1, 0.15) is 5.75 Å². The number of carbonyl (C=O) groups excluding carboxylic acids is 3. The van der Waals surface area contributed by atoms with Crippen LogP contribution in [0.5, 0.6) is 5.75 Å². The first-order valence-corrected chi connectivity index (χ1v) is 10.6. The largest absolute Gasteiger partial charge is 0.484 e. The first-order valence-electron chi connectivity index (χ1n) is 10.6. The molecular weight excluding hydrogens is 432 g/mol. The molecule has 0 fully saturated rings. The zero-order chi connectivity index (χ0) is 24.5. The van der Waals surface area contributed by atoms with Crippen LogP contribution in [0.25, 0.3) is 0 Å². The second-order valence-electron chi connectivity index (χ2n) is 7.64. The molecule has 34 heavy (non-hydrogen) atoms. The highest BCUT2D eigenvalue weighted by Gasteiger charge is 2.15. The van der Waals surface area contributed by atoms with E-state index in [1.165, 1.54) is 6.21 Å². The lowest BCUT2D eigenvalue weighted by Gasteiger charge is -2.10. The van der Waals surface area contributed by atoms with Crippen LogP contribution in [-0.4, -0.2) is 30.5 Å². The average molecular weight is 459 g/mol. The number of hydrazone groups is 1. The smallest absolute Gasteiger partial charge is 0.329 e. The van der Waals surface area contributed by atoms with Crippen LogP contribution in [0.4, 0.5) is 11.4 Å². The second kappa shape index (κ2) is 11.4. The number of ether oxygens (including phenoxy) is 1. The number of para-hydroxylation sites is 2. The Morgan fingerprint density at radius 3 is 2.24 bits per heavy atom. The number of anilines is 2. The zero-order valence-electron chi connectivity index (χ0n) is 19.2. The van der Waals surface area contributed by atoms with Crippen molar-refractivity contribution >= 4 is 35.3 Å². The maximum Gasteiger partial charge on any atom is 0.329 e. The van der Waals surface area contributed by atoms with Crippen molar-refractivity contribution in [3.63, 3.8) is 0 Å². The standard InChI is InChI=1S/C26H26N4O4/c1-17-8-4-5-13-22(17)28-23(31)16-34-21-12-7-11-20(14-21)15-27-30-26(33)25(32)29-24-18(2)9-6-10-19(24)3/h4-15H,16H2,1-3H3,(H,28,31)(H,29,32)(H,30,33)/b27-15-. The summed E-state index contributed by atoms with van der Waals surface area (Å²) in [6.45, 7) is 5.44. The summed E-state index contributed by atoms with van der Waals surface area (Å²) in [7, 11) is 0. The van der Waals surface area contributed by atoms with Crippen molar-refractivity contribution in [2.75, 3.05) is 17.2 Å². The highest BCUT2D eigenvalue weighted by atomic mass is 16.5. The van der Waals surface area contributed by atoms with E-state index in [0.29, 0.717) is 17.0 Å². The second-order valence-corrected chi connectivity index (χ2v) is 7.64. The lowest BCUT2D eigenvalue weighted by atomic mass is 10.1. The van der Waals surface area contributed by atoms with E-state index in [9.17, 15) is 14.4 Å². The summed E-state index contributed by atoms with van der Waals surface area (Å²) < 4.78 is 5.55. The maximum absolute atomic E-state index is 12.2. The van der Waals surface area contributed by atoms with Crippen molar-refractivity contribution in [2.45, 2.75) is 20.8 Å². The van der Waals surface area contributed by atoms with Gasteiger partial charge in [0.25, 0.3) is 5.91 Å². The third kappa shape index (κ3) is 6.77. The van der Waals surface area contributed by atoms with Gasteiger partial charge in [-0.05, 0) is 61.2 Å². The SMILES string of the molecule is Cc1ccccc1NC(=O)COc1cccc(/C=N\NC(=O)C(=O)Nc2c(C)cccc2C)c1. The Morgan fingerprint density at radius 2 is 1.50 bits per heavy atom. The first-order chi connectivity index (χ1) is 16.3. The van der Waals surface area contributed by atoms with Gasteiger partial charge in [-0.25, -0.2) is 5.43 Å². The van der Waals surface area contributed by atoms with E-state index in [1.807, 2.05) is 63.2 Å². The molecule has 3 aromatic carbocycles. The minimum Gasteiger partial charge on any atom is -0.484 e. The number of aryl methyl sites for hydroxylation is 3. The molecule has 0 saturated carbocycles. The summed E-state index contributed by atoms with van der Waals surface area (Å²) in [5, 5.41) is 9.23. The predicted octanol–water partition coefficient (Wildman–Crippen LogP) is 3.72. The van der Waals surface area contributed by atoms with Crippen LogP contribution < -0.4 is 20.8 Å². The maximum atomic E-state index is 12.2. The number of amides is 3. The molecule has 0 aliphatic carbocycles. The van der Waals surface area contributed by atoms with Crippen LogP contribution in [0.15, 0.2) is 71.8 Å². The van der Waals surface area contributed by atoms with E-state index in [-0.39, 0.29) is 12.5 Å². The lowest BCUT2D eigenvalue weighted by Crippen LogP contribution is -2.32. The number of benzene rings is 3. The molecule has 0 bridgehead atoms. The molecule has 3 rings (SSSR count). The van der Waals surface area contributed by atoms with Crippen LogP contribution in [0.1, 0.15) is 22.3 Å². The minimum atomic E-state index is -0.890. The van der Waals surface area contributed by atoms with E-state index < -0.39 is 11.8 Å². The van der Waals surface area contributed by atoms with Gasteiger partial charge in [0.05, 0.1) is 6.21 Å². The van der Waals surface area contributed by atoms with Gasteiger partial charge in [0.15, 0.2) is 6.61 Å². The van der Waals surface area contributed by atoms with Crippen LogP contribution in [-0.2, 0) is 14.4 Å². The van der Waals surface area contributed by atoms with E-state index in [0.717, 1.165) is 22.4 Å². The normalized spacial score (nSPS) is 10.6. The number of carbonyl (C=O) groups is 3. The van der Waals surface area contributed by atoms with E-state index in [4.69, 9.17) is 4.74 Å². The molecule has 3 aromatic rings. The zero-order valence-corrected chi connectivity index (χ0v) is 19.2. The lowest BCUT2D eigenvalue weighted by molar-refractivity contribution is -0.136. The van der Waals surface area contributed by atoms with Crippen molar-refractivity contribution in [1.29, 1.82) is 0 Å². The average Bonchev–Trinajstić information content (AvgIpc) is 2.82. The first kappa shape index (κ1) is 24.2. The third-order valence-corrected chi connectivity index (χ3v) is 4.95. The Morgan fingerprint density at radius 1 is 0.824 bits per heavy atom. The number of nitrogens with zero attached hydrogens (tertiary/aromatic N) is 1. The molecule has 3 N–H and O–H groups in total. The third-order valence-electron chi connectivity index (χ3n) is 4.95. The van der Waals surface area contributed by atoms with Gasteiger partial charge in [0, 0.05) is 11.4 Å². The fourth-order valence-corrected chi connectivity index (χ4v) is 3.13. The Hall–Kier alpha value is -4.46. The van der Waals surface area contributed by atoms with Crippen LogP contribution in [0.3, 0.4) is 0 Å². The number of hydrogen-bond donors (Lipinski definition) is 3.